The van der Waals surface area contributed by atoms with Crippen LogP contribution in [0.15, 0.2) is 18.2 Å². The molecule has 0 aliphatic carbocycles. The maximum Gasteiger partial charge on any atom is 0.127 e. The van der Waals surface area contributed by atoms with E-state index in [9.17, 15) is 8.60 Å². The zero-order valence-corrected chi connectivity index (χ0v) is 11.2. The molecule has 1 rings (SSSR count). The number of halogens is 1. The van der Waals surface area contributed by atoms with Crippen molar-refractivity contribution < 1.29 is 8.60 Å². The van der Waals surface area contributed by atoms with Gasteiger partial charge in [0.1, 0.15) is 5.82 Å². The average Bonchev–Trinajstić information content (AvgIpc) is 2.29. The van der Waals surface area contributed by atoms with Crippen LogP contribution >= 0.6 is 0 Å². The van der Waals surface area contributed by atoms with E-state index >= 15 is 0 Å². The van der Waals surface area contributed by atoms with Gasteiger partial charge in [0.05, 0.1) is 5.75 Å². The molecule has 0 fully saturated rings. The topological polar surface area (TPSA) is 43.1 Å². The Balaban J connectivity index is 2.59. The highest BCUT2D eigenvalue weighted by molar-refractivity contribution is 7.84. The maximum absolute atomic E-state index is 13.6. The van der Waals surface area contributed by atoms with Crippen molar-refractivity contribution in [1.29, 1.82) is 0 Å². The van der Waals surface area contributed by atoms with E-state index < -0.39 is 10.8 Å². The summed E-state index contributed by atoms with van der Waals surface area (Å²) in [6.45, 7) is 4.51. The first-order valence-electron chi connectivity index (χ1n) is 5.85. The van der Waals surface area contributed by atoms with E-state index in [0.29, 0.717) is 29.5 Å². The van der Waals surface area contributed by atoms with Gasteiger partial charge in [0, 0.05) is 28.7 Å². The molecule has 0 saturated carbocycles. The summed E-state index contributed by atoms with van der Waals surface area (Å²) < 4.78 is 25.3. The standard InChI is InChI=1S/C13H20FNOS/c1-10(2)5-6-17(16)9-12-4-3-11(8-15)7-13(12)14/h3-4,7,10H,5-6,8-9,15H2,1-2H3. The lowest BCUT2D eigenvalue weighted by molar-refractivity contribution is 0.608. The van der Waals surface area contributed by atoms with Crippen LogP contribution in [0.2, 0.25) is 0 Å². The fourth-order valence-corrected chi connectivity index (χ4v) is 2.91. The highest BCUT2D eigenvalue weighted by Crippen LogP contribution is 2.13. The fraction of sp³-hybridized carbons (Fsp3) is 0.538. The van der Waals surface area contributed by atoms with Crippen molar-refractivity contribution in [3.8, 4) is 0 Å². The summed E-state index contributed by atoms with van der Waals surface area (Å²) in [6, 6.07) is 4.90. The molecule has 96 valence electrons. The maximum atomic E-state index is 13.6. The first kappa shape index (κ1) is 14.3. The van der Waals surface area contributed by atoms with E-state index in [1.807, 2.05) is 0 Å². The Hall–Kier alpha value is -0.740. The van der Waals surface area contributed by atoms with Crippen molar-refractivity contribution in [2.24, 2.45) is 11.7 Å². The predicted molar refractivity (Wildman–Crippen MR) is 70.5 cm³/mol. The molecule has 17 heavy (non-hydrogen) atoms. The van der Waals surface area contributed by atoms with Crippen LogP contribution in [0.5, 0.6) is 0 Å². The minimum absolute atomic E-state index is 0.295. The Kier molecular flexibility index (Phi) is 5.78. The SMILES string of the molecule is CC(C)CCS(=O)Cc1ccc(CN)cc1F. The van der Waals surface area contributed by atoms with Crippen LogP contribution in [0.3, 0.4) is 0 Å². The van der Waals surface area contributed by atoms with Crippen LogP contribution in [0.25, 0.3) is 0 Å². The fourth-order valence-electron chi connectivity index (χ4n) is 1.45. The molecule has 0 aromatic heterocycles. The molecule has 0 bridgehead atoms. The van der Waals surface area contributed by atoms with Gasteiger partial charge in [-0.25, -0.2) is 4.39 Å². The molecule has 2 nitrogen and oxygen atoms in total. The highest BCUT2D eigenvalue weighted by atomic mass is 32.2. The third-order valence-electron chi connectivity index (χ3n) is 2.59. The van der Waals surface area contributed by atoms with Gasteiger partial charge < -0.3 is 5.73 Å². The monoisotopic (exact) mass is 257 g/mol. The molecule has 0 heterocycles. The summed E-state index contributed by atoms with van der Waals surface area (Å²) in [4.78, 5) is 0. The Labute approximate surface area is 105 Å². The third kappa shape index (κ3) is 4.96. The molecule has 2 N–H and O–H groups in total. The molecule has 0 saturated heterocycles. The highest BCUT2D eigenvalue weighted by Gasteiger charge is 2.08. The van der Waals surface area contributed by atoms with Gasteiger partial charge >= 0.3 is 0 Å². The second-order valence-corrected chi connectivity index (χ2v) is 6.18. The molecule has 1 aromatic carbocycles. The Bertz CT molecular complexity index is 393. The van der Waals surface area contributed by atoms with Crippen LogP contribution in [0, 0.1) is 11.7 Å². The summed E-state index contributed by atoms with van der Waals surface area (Å²) >= 11 is 0. The molecular formula is C13H20FNOS. The molecular weight excluding hydrogens is 237 g/mol. The van der Waals surface area contributed by atoms with Crippen LogP contribution < -0.4 is 5.73 Å². The zero-order chi connectivity index (χ0) is 12.8. The molecule has 1 atom stereocenters. The van der Waals surface area contributed by atoms with Crippen molar-refractivity contribution in [2.45, 2.75) is 32.6 Å². The van der Waals surface area contributed by atoms with Crippen LogP contribution in [-0.2, 0) is 23.1 Å². The van der Waals surface area contributed by atoms with Crippen LogP contribution in [0.1, 0.15) is 31.4 Å². The van der Waals surface area contributed by atoms with E-state index in [1.54, 1.807) is 12.1 Å². The number of hydrogen-bond donors (Lipinski definition) is 1. The summed E-state index contributed by atoms with van der Waals surface area (Å²) in [5.41, 5.74) is 6.71. The van der Waals surface area contributed by atoms with Gasteiger partial charge in [-0.15, -0.1) is 0 Å². The lowest BCUT2D eigenvalue weighted by atomic mass is 10.1. The summed E-state index contributed by atoms with van der Waals surface area (Å²) in [5.74, 6) is 1.16. The Morgan fingerprint density at radius 3 is 2.65 bits per heavy atom. The molecule has 0 spiro atoms. The summed E-state index contributed by atoms with van der Waals surface area (Å²) in [6.07, 6.45) is 0.912. The van der Waals surface area contributed by atoms with Gasteiger partial charge in [0.2, 0.25) is 0 Å². The zero-order valence-electron chi connectivity index (χ0n) is 10.4. The third-order valence-corrected chi connectivity index (χ3v) is 3.92. The number of benzene rings is 1. The van der Waals surface area contributed by atoms with Gasteiger partial charge in [-0.2, -0.15) is 0 Å². The number of rotatable bonds is 6. The Morgan fingerprint density at radius 1 is 1.41 bits per heavy atom. The second kappa shape index (κ2) is 6.87. The first-order chi connectivity index (χ1) is 8.02. The normalized spacial score (nSPS) is 13.0. The molecule has 0 aliphatic heterocycles. The quantitative estimate of drug-likeness (QED) is 0.851. The van der Waals surface area contributed by atoms with E-state index in [-0.39, 0.29) is 5.82 Å². The lowest BCUT2D eigenvalue weighted by Gasteiger charge is -2.07. The largest absolute Gasteiger partial charge is 0.326 e. The van der Waals surface area contributed by atoms with Gasteiger partial charge in [-0.3, -0.25) is 4.21 Å². The van der Waals surface area contributed by atoms with Crippen molar-refractivity contribution in [2.75, 3.05) is 5.75 Å². The van der Waals surface area contributed by atoms with Crippen molar-refractivity contribution >= 4 is 10.8 Å². The van der Waals surface area contributed by atoms with Crippen molar-refractivity contribution in [3.63, 3.8) is 0 Å². The number of hydrogen-bond acceptors (Lipinski definition) is 2. The summed E-state index contributed by atoms with van der Waals surface area (Å²) in [5, 5.41) is 0. The van der Waals surface area contributed by atoms with Gasteiger partial charge in [0.25, 0.3) is 0 Å². The van der Waals surface area contributed by atoms with Crippen LogP contribution in [0.4, 0.5) is 4.39 Å². The minimum atomic E-state index is -0.982. The smallest absolute Gasteiger partial charge is 0.127 e. The molecule has 0 amide bonds. The second-order valence-electron chi connectivity index (χ2n) is 4.60. The van der Waals surface area contributed by atoms with E-state index in [0.717, 1.165) is 12.0 Å². The van der Waals surface area contributed by atoms with Crippen LogP contribution in [-0.4, -0.2) is 9.96 Å². The van der Waals surface area contributed by atoms with Crippen molar-refractivity contribution in [1.82, 2.24) is 0 Å². The average molecular weight is 257 g/mol. The van der Waals surface area contributed by atoms with Gasteiger partial charge in [-0.1, -0.05) is 26.0 Å². The molecule has 1 aromatic rings. The molecule has 4 heteroatoms. The summed E-state index contributed by atoms with van der Waals surface area (Å²) in [7, 11) is -0.982. The minimum Gasteiger partial charge on any atom is -0.326 e. The van der Waals surface area contributed by atoms with Gasteiger partial charge in [0.15, 0.2) is 0 Å². The predicted octanol–water partition coefficient (Wildman–Crippen LogP) is 2.58. The lowest BCUT2D eigenvalue weighted by Crippen LogP contribution is -2.06. The number of nitrogens with two attached hydrogens (primary N) is 1. The van der Waals surface area contributed by atoms with E-state index in [1.165, 1.54) is 6.07 Å². The molecule has 0 radical (unpaired) electrons. The van der Waals surface area contributed by atoms with E-state index in [2.05, 4.69) is 13.8 Å². The van der Waals surface area contributed by atoms with Crippen molar-refractivity contribution in [3.05, 3.63) is 35.1 Å². The van der Waals surface area contributed by atoms with Gasteiger partial charge in [-0.05, 0) is 24.0 Å². The first-order valence-corrected chi connectivity index (χ1v) is 7.34. The Morgan fingerprint density at radius 2 is 2.12 bits per heavy atom. The molecule has 1 unspecified atom stereocenters. The van der Waals surface area contributed by atoms with E-state index in [4.69, 9.17) is 5.73 Å². The molecule has 0 aliphatic rings.